The lowest BCUT2D eigenvalue weighted by atomic mass is 9.93. The lowest BCUT2D eigenvalue weighted by Crippen LogP contribution is -2.03. The van der Waals surface area contributed by atoms with E-state index < -0.39 is 0 Å². The molecule has 0 spiro atoms. The van der Waals surface area contributed by atoms with Gasteiger partial charge in [0.05, 0.1) is 6.61 Å². The van der Waals surface area contributed by atoms with Crippen molar-refractivity contribution in [3.05, 3.63) is 12.2 Å². The second-order valence-corrected chi connectivity index (χ2v) is 4.57. The van der Waals surface area contributed by atoms with Gasteiger partial charge in [0.15, 0.2) is 0 Å². The summed E-state index contributed by atoms with van der Waals surface area (Å²) in [5.74, 6) is 0.966. The standard InChI is InChI=1S/C14H26O2/c1-5-7-8-12(3)11-13(4)9-10-14(15)16-6-2/h9-10,12-13H,5-8,11H2,1-4H3/b10-9+. The molecule has 0 fully saturated rings. The Balaban J connectivity index is 3.79. The van der Waals surface area contributed by atoms with Crippen molar-refractivity contribution in [3.8, 4) is 0 Å². The minimum atomic E-state index is -0.226. The smallest absolute Gasteiger partial charge is 0.330 e. The number of unbranched alkanes of at least 4 members (excludes halogenated alkanes) is 1. The third kappa shape index (κ3) is 8.51. The molecule has 0 aromatic carbocycles. The van der Waals surface area contributed by atoms with Gasteiger partial charge in [-0.05, 0) is 25.2 Å². The summed E-state index contributed by atoms with van der Waals surface area (Å²) >= 11 is 0. The Kier molecular flexibility index (Phi) is 8.97. The van der Waals surface area contributed by atoms with Gasteiger partial charge >= 0.3 is 5.97 Å². The summed E-state index contributed by atoms with van der Waals surface area (Å²) in [5.41, 5.74) is 0. The van der Waals surface area contributed by atoms with Crippen molar-refractivity contribution in [2.24, 2.45) is 11.8 Å². The van der Waals surface area contributed by atoms with Crippen LogP contribution in [0.5, 0.6) is 0 Å². The molecular formula is C14H26O2. The van der Waals surface area contributed by atoms with E-state index in [1.165, 1.54) is 19.3 Å². The van der Waals surface area contributed by atoms with Crippen molar-refractivity contribution >= 4 is 5.97 Å². The molecular weight excluding hydrogens is 200 g/mol. The fraction of sp³-hybridized carbons (Fsp3) is 0.786. The van der Waals surface area contributed by atoms with Crippen LogP contribution < -0.4 is 0 Å². The van der Waals surface area contributed by atoms with E-state index in [1.807, 2.05) is 13.0 Å². The van der Waals surface area contributed by atoms with Gasteiger partial charge in [0.25, 0.3) is 0 Å². The van der Waals surface area contributed by atoms with Crippen LogP contribution in [0.15, 0.2) is 12.2 Å². The zero-order valence-electron chi connectivity index (χ0n) is 11.2. The van der Waals surface area contributed by atoms with Gasteiger partial charge in [-0.2, -0.15) is 0 Å². The van der Waals surface area contributed by atoms with E-state index in [0.717, 1.165) is 12.3 Å². The molecule has 94 valence electrons. The van der Waals surface area contributed by atoms with Gasteiger partial charge in [0, 0.05) is 6.08 Å². The molecule has 2 heteroatoms. The molecule has 0 aliphatic carbocycles. The molecule has 0 saturated heterocycles. The average molecular weight is 226 g/mol. The number of rotatable bonds is 8. The van der Waals surface area contributed by atoms with Crippen LogP contribution >= 0.6 is 0 Å². The zero-order valence-corrected chi connectivity index (χ0v) is 11.2. The number of hydrogen-bond donors (Lipinski definition) is 0. The summed E-state index contributed by atoms with van der Waals surface area (Å²) in [6, 6.07) is 0. The summed E-state index contributed by atoms with van der Waals surface area (Å²) in [4.78, 5) is 11.1. The van der Waals surface area contributed by atoms with Crippen LogP contribution in [-0.2, 0) is 9.53 Å². The van der Waals surface area contributed by atoms with Gasteiger partial charge in [-0.25, -0.2) is 4.79 Å². The first-order valence-corrected chi connectivity index (χ1v) is 6.45. The summed E-state index contributed by atoms with van der Waals surface area (Å²) in [6.45, 7) is 8.92. The predicted octanol–water partition coefficient (Wildman–Crippen LogP) is 3.96. The topological polar surface area (TPSA) is 26.3 Å². The molecule has 0 radical (unpaired) electrons. The largest absolute Gasteiger partial charge is 0.463 e. The van der Waals surface area contributed by atoms with Crippen molar-refractivity contribution in [1.29, 1.82) is 0 Å². The SMILES string of the molecule is CCCCC(C)CC(C)/C=C/C(=O)OCC. The Morgan fingerprint density at radius 2 is 2.00 bits per heavy atom. The molecule has 2 unspecified atom stereocenters. The van der Waals surface area contributed by atoms with E-state index in [9.17, 15) is 4.79 Å². The van der Waals surface area contributed by atoms with Gasteiger partial charge in [-0.3, -0.25) is 0 Å². The highest BCUT2D eigenvalue weighted by Gasteiger charge is 2.06. The maximum atomic E-state index is 11.1. The van der Waals surface area contributed by atoms with Gasteiger partial charge in [0.1, 0.15) is 0 Å². The molecule has 0 bridgehead atoms. The van der Waals surface area contributed by atoms with Gasteiger partial charge < -0.3 is 4.74 Å². The highest BCUT2D eigenvalue weighted by atomic mass is 16.5. The van der Waals surface area contributed by atoms with E-state index in [4.69, 9.17) is 4.74 Å². The second-order valence-electron chi connectivity index (χ2n) is 4.57. The first-order chi connectivity index (χ1) is 7.60. The Morgan fingerprint density at radius 1 is 1.31 bits per heavy atom. The monoisotopic (exact) mass is 226 g/mol. The van der Waals surface area contributed by atoms with Crippen LogP contribution in [0.25, 0.3) is 0 Å². The minimum absolute atomic E-state index is 0.226. The number of ether oxygens (including phenoxy) is 1. The highest BCUT2D eigenvalue weighted by Crippen LogP contribution is 2.18. The average Bonchev–Trinajstić information content (AvgIpc) is 2.24. The van der Waals surface area contributed by atoms with Crippen LogP contribution in [0, 0.1) is 11.8 Å². The molecule has 0 aliphatic rings. The van der Waals surface area contributed by atoms with Crippen LogP contribution in [0.1, 0.15) is 53.4 Å². The van der Waals surface area contributed by atoms with Crippen LogP contribution in [-0.4, -0.2) is 12.6 Å². The van der Waals surface area contributed by atoms with Crippen molar-refractivity contribution < 1.29 is 9.53 Å². The zero-order chi connectivity index (χ0) is 12.4. The number of hydrogen-bond acceptors (Lipinski definition) is 2. The lowest BCUT2D eigenvalue weighted by Gasteiger charge is -2.13. The van der Waals surface area contributed by atoms with Crippen molar-refractivity contribution in [3.63, 3.8) is 0 Å². The Morgan fingerprint density at radius 3 is 2.56 bits per heavy atom. The fourth-order valence-electron chi connectivity index (χ4n) is 1.82. The van der Waals surface area contributed by atoms with Crippen LogP contribution in [0.3, 0.4) is 0 Å². The van der Waals surface area contributed by atoms with E-state index >= 15 is 0 Å². The lowest BCUT2D eigenvalue weighted by molar-refractivity contribution is -0.137. The minimum Gasteiger partial charge on any atom is -0.463 e. The van der Waals surface area contributed by atoms with Gasteiger partial charge in [-0.15, -0.1) is 0 Å². The predicted molar refractivity (Wildman–Crippen MR) is 68.2 cm³/mol. The van der Waals surface area contributed by atoms with Crippen molar-refractivity contribution in [1.82, 2.24) is 0 Å². The molecule has 0 saturated carbocycles. The normalized spacial score (nSPS) is 15.0. The molecule has 0 aliphatic heterocycles. The third-order valence-corrected chi connectivity index (χ3v) is 2.67. The van der Waals surface area contributed by atoms with E-state index in [-0.39, 0.29) is 5.97 Å². The summed E-state index contributed by atoms with van der Waals surface area (Å²) in [5, 5.41) is 0. The Bertz CT molecular complexity index is 209. The Hall–Kier alpha value is -0.790. The molecule has 0 aromatic heterocycles. The van der Waals surface area contributed by atoms with Crippen LogP contribution in [0.4, 0.5) is 0 Å². The molecule has 2 nitrogen and oxygen atoms in total. The first kappa shape index (κ1) is 15.2. The maximum absolute atomic E-state index is 11.1. The van der Waals surface area contributed by atoms with E-state index in [2.05, 4.69) is 20.8 Å². The van der Waals surface area contributed by atoms with Crippen molar-refractivity contribution in [2.45, 2.75) is 53.4 Å². The van der Waals surface area contributed by atoms with Crippen LogP contribution in [0.2, 0.25) is 0 Å². The molecule has 0 rings (SSSR count). The summed E-state index contributed by atoms with van der Waals surface area (Å²) in [7, 11) is 0. The quantitative estimate of drug-likeness (QED) is 0.462. The third-order valence-electron chi connectivity index (χ3n) is 2.67. The number of allylic oxidation sites excluding steroid dienone is 1. The molecule has 16 heavy (non-hydrogen) atoms. The Labute approximate surface area is 100 Å². The molecule has 0 N–H and O–H groups in total. The molecule has 0 heterocycles. The first-order valence-electron chi connectivity index (χ1n) is 6.45. The van der Waals surface area contributed by atoms with Gasteiger partial charge in [0.2, 0.25) is 0 Å². The molecule has 0 aromatic rings. The fourth-order valence-corrected chi connectivity index (χ4v) is 1.82. The van der Waals surface area contributed by atoms with Gasteiger partial charge in [-0.1, -0.05) is 46.1 Å². The number of carbonyl (C=O) groups is 1. The molecule has 2 atom stereocenters. The highest BCUT2D eigenvalue weighted by molar-refractivity contribution is 5.81. The number of esters is 1. The van der Waals surface area contributed by atoms with Crippen molar-refractivity contribution in [2.75, 3.05) is 6.61 Å². The van der Waals surface area contributed by atoms with E-state index in [0.29, 0.717) is 12.5 Å². The summed E-state index contributed by atoms with van der Waals surface area (Å²) in [6.07, 6.45) is 8.51. The second kappa shape index (κ2) is 9.44. The summed E-state index contributed by atoms with van der Waals surface area (Å²) < 4.78 is 4.84. The molecule has 0 amide bonds. The number of carbonyl (C=O) groups excluding carboxylic acids is 1. The maximum Gasteiger partial charge on any atom is 0.330 e. The van der Waals surface area contributed by atoms with E-state index in [1.54, 1.807) is 6.08 Å².